The van der Waals surface area contributed by atoms with Crippen LogP contribution in [0.25, 0.3) is 0 Å². The highest BCUT2D eigenvalue weighted by Gasteiger charge is 2.25. The fourth-order valence-corrected chi connectivity index (χ4v) is 2.55. The molecule has 0 aromatic heterocycles. The zero-order valence-corrected chi connectivity index (χ0v) is 9.95. The minimum absolute atomic E-state index is 0.285. The number of hydrogen-bond acceptors (Lipinski definition) is 2. The van der Waals surface area contributed by atoms with Crippen molar-refractivity contribution in [3.05, 3.63) is 35.4 Å². The molecule has 1 aromatic carbocycles. The Morgan fingerprint density at radius 2 is 2.06 bits per heavy atom. The molecule has 1 aliphatic rings. The maximum atomic E-state index is 9.38. The monoisotopic (exact) mass is 219 g/mol. The van der Waals surface area contributed by atoms with Gasteiger partial charge in [-0.25, -0.2) is 0 Å². The van der Waals surface area contributed by atoms with Gasteiger partial charge in [0, 0.05) is 19.1 Å². The van der Waals surface area contributed by atoms with Crippen molar-refractivity contribution in [3.8, 4) is 0 Å². The van der Waals surface area contributed by atoms with Gasteiger partial charge in [0.15, 0.2) is 0 Å². The van der Waals surface area contributed by atoms with Gasteiger partial charge in [-0.05, 0) is 36.4 Å². The fraction of sp³-hybridized carbons (Fsp3) is 0.571. The zero-order valence-electron chi connectivity index (χ0n) is 9.95. The highest BCUT2D eigenvalue weighted by Crippen LogP contribution is 2.30. The largest absolute Gasteiger partial charge is 0.396 e. The van der Waals surface area contributed by atoms with Crippen molar-refractivity contribution < 1.29 is 5.11 Å². The van der Waals surface area contributed by atoms with Gasteiger partial charge in [0.2, 0.25) is 0 Å². The molecule has 2 unspecified atom stereocenters. The number of piperidine rings is 1. The Bertz CT molecular complexity index is 320. The Morgan fingerprint density at radius 1 is 1.31 bits per heavy atom. The number of benzene rings is 1. The van der Waals surface area contributed by atoms with Gasteiger partial charge >= 0.3 is 0 Å². The second kappa shape index (κ2) is 5.46. The summed E-state index contributed by atoms with van der Waals surface area (Å²) in [7, 11) is 0. The Labute approximate surface area is 97.7 Å². The molecule has 2 N–H and O–H groups in total. The lowest BCUT2D eigenvalue weighted by molar-refractivity contribution is 0.179. The van der Waals surface area contributed by atoms with E-state index in [4.69, 9.17) is 0 Å². The van der Waals surface area contributed by atoms with Crippen molar-refractivity contribution in [3.63, 3.8) is 0 Å². The van der Waals surface area contributed by atoms with Crippen molar-refractivity contribution >= 4 is 0 Å². The zero-order chi connectivity index (χ0) is 11.4. The van der Waals surface area contributed by atoms with E-state index in [1.165, 1.54) is 11.1 Å². The average molecular weight is 219 g/mol. The van der Waals surface area contributed by atoms with E-state index in [0.29, 0.717) is 11.8 Å². The van der Waals surface area contributed by atoms with Crippen LogP contribution in [0.1, 0.15) is 30.4 Å². The molecule has 1 aromatic rings. The van der Waals surface area contributed by atoms with Crippen LogP contribution in [0.15, 0.2) is 24.3 Å². The summed E-state index contributed by atoms with van der Waals surface area (Å²) in [6, 6.07) is 8.90. The number of aliphatic hydroxyl groups excluding tert-OH is 1. The maximum Gasteiger partial charge on any atom is 0.0477 e. The molecule has 1 fully saturated rings. The molecule has 0 radical (unpaired) electrons. The van der Waals surface area contributed by atoms with E-state index in [-0.39, 0.29) is 6.61 Å². The summed E-state index contributed by atoms with van der Waals surface area (Å²) in [6.45, 7) is 4.47. The van der Waals surface area contributed by atoms with Crippen LogP contribution in [-0.2, 0) is 6.42 Å². The highest BCUT2D eigenvalue weighted by atomic mass is 16.3. The fourth-order valence-electron chi connectivity index (χ4n) is 2.55. The van der Waals surface area contributed by atoms with Crippen LogP contribution in [0.5, 0.6) is 0 Å². The van der Waals surface area contributed by atoms with E-state index in [1.807, 2.05) is 0 Å². The molecular weight excluding hydrogens is 198 g/mol. The van der Waals surface area contributed by atoms with E-state index in [0.717, 1.165) is 25.9 Å². The third-order valence-corrected chi connectivity index (χ3v) is 3.66. The number of hydrogen-bond donors (Lipinski definition) is 2. The third-order valence-electron chi connectivity index (χ3n) is 3.66. The van der Waals surface area contributed by atoms with E-state index in [9.17, 15) is 5.11 Å². The third kappa shape index (κ3) is 2.45. The number of rotatable bonds is 3. The van der Waals surface area contributed by atoms with Crippen LogP contribution in [0.4, 0.5) is 0 Å². The van der Waals surface area contributed by atoms with Crippen LogP contribution in [0, 0.1) is 5.92 Å². The minimum atomic E-state index is 0.285. The molecule has 0 amide bonds. The second-order valence-corrected chi connectivity index (χ2v) is 4.64. The lowest BCUT2D eigenvalue weighted by Crippen LogP contribution is -2.37. The van der Waals surface area contributed by atoms with Crippen molar-refractivity contribution in [1.82, 2.24) is 5.32 Å². The topological polar surface area (TPSA) is 32.3 Å². The summed E-state index contributed by atoms with van der Waals surface area (Å²) in [5.74, 6) is 0.901. The Hall–Kier alpha value is -0.860. The lowest BCUT2D eigenvalue weighted by Gasteiger charge is -2.31. The highest BCUT2D eigenvalue weighted by molar-refractivity contribution is 5.26. The minimum Gasteiger partial charge on any atom is -0.396 e. The normalized spacial score (nSPS) is 25.6. The predicted octanol–water partition coefficient (Wildman–Crippen LogP) is 1.93. The molecular formula is C14H21NO. The van der Waals surface area contributed by atoms with Gasteiger partial charge < -0.3 is 10.4 Å². The van der Waals surface area contributed by atoms with Gasteiger partial charge in [0.1, 0.15) is 0 Å². The van der Waals surface area contributed by atoms with Crippen LogP contribution in [0.2, 0.25) is 0 Å². The van der Waals surface area contributed by atoms with E-state index in [1.54, 1.807) is 0 Å². The number of aliphatic hydroxyl groups is 1. The summed E-state index contributed by atoms with van der Waals surface area (Å²) >= 11 is 0. The van der Waals surface area contributed by atoms with Crippen molar-refractivity contribution in [2.45, 2.75) is 25.7 Å². The standard InChI is InChI=1S/C14H21NO/c1-2-11-3-5-12(6-4-11)14-7-8-15-9-13(14)10-16/h3-6,13-16H,2,7-10H2,1H3. The van der Waals surface area contributed by atoms with Crippen LogP contribution >= 0.6 is 0 Å². The number of nitrogens with one attached hydrogen (secondary N) is 1. The Kier molecular flexibility index (Phi) is 3.97. The number of aryl methyl sites for hydroxylation is 1. The molecule has 1 aliphatic heterocycles. The molecule has 0 saturated carbocycles. The quantitative estimate of drug-likeness (QED) is 0.814. The van der Waals surface area contributed by atoms with Crippen LogP contribution in [0.3, 0.4) is 0 Å². The molecule has 0 bridgehead atoms. The van der Waals surface area contributed by atoms with E-state index < -0.39 is 0 Å². The molecule has 0 aliphatic carbocycles. The lowest BCUT2D eigenvalue weighted by atomic mass is 9.81. The van der Waals surface area contributed by atoms with Gasteiger partial charge in [0.25, 0.3) is 0 Å². The molecule has 2 heteroatoms. The summed E-state index contributed by atoms with van der Waals surface area (Å²) in [4.78, 5) is 0. The first-order valence-electron chi connectivity index (χ1n) is 6.25. The summed E-state index contributed by atoms with van der Waals surface area (Å²) < 4.78 is 0. The van der Waals surface area contributed by atoms with E-state index in [2.05, 4.69) is 36.5 Å². The van der Waals surface area contributed by atoms with Gasteiger partial charge in [-0.2, -0.15) is 0 Å². The van der Waals surface area contributed by atoms with Gasteiger partial charge in [0.05, 0.1) is 0 Å². The van der Waals surface area contributed by atoms with Gasteiger partial charge in [-0.3, -0.25) is 0 Å². The van der Waals surface area contributed by atoms with Crippen molar-refractivity contribution in [2.24, 2.45) is 5.92 Å². The van der Waals surface area contributed by atoms with Crippen molar-refractivity contribution in [1.29, 1.82) is 0 Å². The molecule has 1 heterocycles. The van der Waals surface area contributed by atoms with Crippen LogP contribution < -0.4 is 5.32 Å². The van der Waals surface area contributed by atoms with Crippen LogP contribution in [-0.4, -0.2) is 24.8 Å². The average Bonchev–Trinajstić information content (AvgIpc) is 2.39. The Morgan fingerprint density at radius 3 is 2.69 bits per heavy atom. The van der Waals surface area contributed by atoms with Gasteiger partial charge in [-0.15, -0.1) is 0 Å². The predicted molar refractivity (Wildman–Crippen MR) is 66.6 cm³/mol. The maximum absolute atomic E-state index is 9.38. The SMILES string of the molecule is CCc1ccc(C2CCNCC2CO)cc1. The van der Waals surface area contributed by atoms with Gasteiger partial charge in [-0.1, -0.05) is 31.2 Å². The molecule has 16 heavy (non-hydrogen) atoms. The summed E-state index contributed by atoms with van der Waals surface area (Å²) in [6.07, 6.45) is 2.23. The van der Waals surface area contributed by atoms with E-state index >= 15 is 0 Å². The molecule has 1 saturated heterocycles. The summed E-state index contributed by atoms with van der Waals surface area (Å²) in [5, 5.41) is 12.7. The molecule has 2 rings (SSSR count). The van der Waals surface area contributed by atoms with Crippen molar-refractivity contribution in [2.75, 3.05) is 19.7 Å². The Balaban J connectivity index is 2.14. The first kappa shape index (κ1) is 11.6. The first-order chi connectivity index (χ1) is 7.85. The molecule has 0 spiro atoms. The molecule has 88 valence electrons. The summed E-state index contributed by atoms with van der Waals surface area (Å²) in [5.41, 5.74) is 2.77. The molecule has 2 atom stereocenters. The smallest absolute Gasteiger partial charge is 0.0477 e. The molecule has 2 nitrogen and oxygen atoms in total. The first-order valence-corrected chi connectivity index (χ1v) is 6.25. The second-order valence-electron chi connectivity index (χ2n) is 4.64.